The summed E-state index contributed by atoms with van der Waals surface area (Å²) in [5, 5.41) is 28.1. The Kier molecular flexibility index (Phi) is 17.9. The lowest BCUT2D eigenvalue weighted by atomic mass is 9.84. The van der Waals surface area contributed by atoms with Crippen molar-refractivity contribution in [2.45, 2.75) is 0 Å². The van der Waals surface area contributed by atoms with E-state index in [9.17, 15) is 0 Å². The first-order valence-electron chi connectivity index (χ1n) is 43.4. The van der Waals surface area contributed by atoms with Crippen LogP contribution in [0.15, 0.2) is 485 Å². The number of aromatic nitrogens is 3. The highest BCUT2D eigenvalue weighted by Gasteiger charge is 2.24. The van der Waals surface area contributed by atoms with Gasteiger partial charge in [-0.1, -0.05) is 364 Å². The minimum atomic E-state index is 1.08. The van der Waals surface area contributed by atoms with E-state index in [1.165, 1.54) is 196 Å². The van der Waals surface area contributed by atoms with E-state index in [1.807, 2.05) is 0 Å². The fraction of sp³-hybridized carbons (Fsp3) is 0. The van der Waals surface area contributed by atoms with E-state index in [2.05, 4.69) is 504 Å². The average molecular weight is 1600 g/mol. The second-order valence-electron chi connectivity index (χ2n) is 32.9. The summed E-state index contributed by atoms with van der Waals surface area (Å²) in [6.07, 6.45) is 0. The number of nitrogens with zero attached hydrogens (tertiary/aromatic N) is 4. The molecule has 0 N–H and O–H groups in total. The van der Waals surface area contributed by atoms with Crippen LogP contribution in [-0.2, 0) is 0 Å². The number of hydrogen-bond donors (Lipinski definition) is 0. The van der Waals surface area contributed by atoms with Crippen molar-refractivity contribution < 1.29 is 0 Å². The van der Waals surface area contributed by atoms with Gasteiger partial charge in [-0.15, -0.1) is 0 Å². The number of hydrogen-bond acceptors (Lipinski definition) is 1. The summed E-state index contributed by atoms with van der Waals surface area (Å²) >= 11 is 0. The lowest BCUT2D eigenvalue weighted by Crippen LogP contribution is -2.10. The first kappa shape index (κ1) is 73.3. The predicted octanol–water partition coefficient (Wildman–Crippen LogP) is 33.7. The van der Waals surface area contributed by atoms with Crippen LogP contribution in [0.3, 0.4) is 0 Å². The second-order valence-corrected chi connectivity index (χ2v) is 32.9. The largest absolute Gasteiger partial charge is 0.310 e. The molecular formula is C122H80N4. The summed E-state index contributed by atoms with van der Waals surface area (Å²) in [5.74, 6) is 0. The van der Waals surface area contributed by atoms with Crippen molar-refractivity contribution in [1.29, 1.82) is 0 Å². The summed E-state index contributed by atoms with van der Waals surface area (Å²) in [4.78, 5) is 2.36. The van der Waals surface area contributed by atoms with Gasteiger partial charge in [0.2, 0.25) is 0 Å². The first-order chi connectivity index (χ1) is 62.6. The molecule has 26 aromatic rings. The average Bonchev–Trinajstić information content (AvgIpc) is 1.82. The van der Waals surface area contributed by atoms with Crippen LogP contribution < -0.4 is 4.90 Å². The lowest BCUT2D eigenvalue weighted by molar-refractivity contribution is 1.16. The molecule has 0 saturated heterocycles. The summed E-state index contributed by atoms with van der Waals surface area (Å²) in [6.45, 7) is 0. The van der Waals surface area contributed by atoms with Crippen LogP contribution in [0.4, 0.5) is 17.1 Å². The predicted molar refractivity (Wildman–Crippen MR) is 539 cm³/mol. The van der Waals surface area contributed by atoms with Crippen molar-refractivity contribution in [2.75, 3.05) is 4.90 Å². The molecule has 26 rings (SSSR count). The van der Waals surface area contributed by atoms with Crippen LogP contribution in [0.5, 0.6) is 0 Å². The molecule has 0 bridgehead atoms. The molecule has 0 aliphatic rings. The lowest BCUT2D eigenvalue weighted by Gasteiger charge is -2.26. The Labute approximate surface area is 729 Å². The molecule has 0 aliphatic heterocycles. The van der Waals surface area contributed by atoms with Gasteiger partial charge in [0.15, 0.2) is 0 Å². The van der Waals surface area contributed by atoms with Crippen molar-refractivity contribution in [3.63, 3.8) is 0 Å². The molecule has 0 unspecified atom stereocenters. The van der Waals surface area contributed by atoms with Gasteiger partial charge < -0.3 is 18.6 Å². The monoisotopic (exact) mass is 1600 g/mol. The molecule has 0 aliphatic carbocycles. The number of benzene rings is 23. The Morgan fingerprint density at radius 3 is 0.611 bits per heavy atom. The van der Waals surface area contributed by atoms with E-state index in [4.69, 9.17) is 0 Å². The van der Waals surface area contributed by atoms with E-state index in [0.717, 1.165) is 34.1 Å². The van der Waals surface area contributed by atoms with Gasteiger partial charge in [-0.3, -0.25) is 0 Å². The normalized spacial score (nSPS) is 11.7. The minimum absolute atomic E-state index is 1.08. The van der Waals surface area contributed by atoms with Crippen LogP contribution in [0, 0.1) is 0 Å². The molecule has 23 aromatic carbocycles. The summed E-state index contributed by atoms with van der Waals surface area (Å²) in [6, 6.07) is 176. The molecular weight excluding hydrogens is 1520 g/mol. The number of anilines is 3. The van der Waals surface area contributed by atoms with E-state index in [0.29, 0.717) is 0 Å². The van der Waals surface area contributed by atoms with Gasteiger partial charge in [-0.25, -0.2) is 0 Å². The highest BCUT2D eigenvalue weighted by atomic mass is 15.1. The molecule has 0 radical (unpaired) electrons. The Bertz CT molecular complexity index is 7850. The van der Waals surface area contributed by atoms with E-state index in [-0.39, 0.29) is 0 Å². The Balaban J connectivity index is 0.000000112. The topological polar surface area (TPSA) is 18.0 Å². The van der Waals surface area contributed by atoms with Crippen LogP contribution in [-0.4, -0.2) is 13.7 Å². The van der Waals surface area contributed by atoms with Crippen molar-refractivity contribution in [3.05, 3.63) is 485 Å². The highest BCUT2D eigenvalue weighted by molar-refractivity contribution is 6.26. The maximum Gasteiger partial charge on any atom is 0.0541 e. The van der Waals surface area contributed by atoms with Gasteiger partial charge in [0.1, 0.15) is 0 Å². The zero-order valence-corrected chi connectivity index (χ0v) is 69.0. The third kappa shape index (κ3) is 12.4. The summed E-state index contributed by atoms with van der Waals surface area (Å²) in [5.41, 5.74) is 24.2. The third-order valence-corrected chi connectivity index (χ3v) is 25.9. The van der Waals surface area contributed by atoms with Gasteiger partial charge >= 0.3 is 0 Å². The molecule has 4 nitrogen and oxygen atoms in total. The fourth-order valence-electron chi connectivity index (χ4n) is 20.3. The van der Waals surface area contributed by atoms with E-state index in [1.54, 1.807) is 0 Å². The molecule has 3 aromatic heterocycles. The van der Waals surface area contributed by atoms with Crippen LogP contribution in [0.1, 0.15) is 0 Å². The number of fused-ring (bicyclic) bond motifs is 17. The van der Waals surface area contributed by atoms with Gasteiger partial charge in [0.25, 0.3) is 0 Å². The molecule has 4 heteroatoms. The zero-order chi connectivity index (χ0) is 83.1. The maximum atomic E-state index is 2.37. The number of rotatable bonds is 10. The van der Waals surface area contributed by atoms with E-state index >= 15 is 0 Å². The molecule has 588 valence electrons. The zero-order valence-electron chi connectivity index (χ0n) is 69.0. The van der Waals surface area contributed by atoms with E-state index < -0.39 is 0 Å². The fourth-order valence-corrected chi connectivity index (χ4v) is 20.3. The standard InChI is InChI=1S/C54H36N4.2C34H22/c1-7-19-49-43(13-1)44-14-2-8-20-50(44)56(49)40-31-25-37(26-32-40)55(38-27-33-41(34-28-38)57-51-21-9-3-15-45(51)46-16-4-10-22-52(46)57)39-29-35-42(36-30-39)58-53-23-11-5-17-47(53)48-18-6-12-24-54(48)58;1-3-15-25-23(11-1)13-9-21-27(25)33-29-17-5-7-19-31(29)34(32-20-8-6-18-30(32)33)28-22-10-14-24-12-2-4-16-26(24)28;1-3-11-25-21-27(19-17-23(25)9-1)33-29-13-5-7-15-31(29)34(32-16-8-6-14-30(32)33)28-20-18-24-10-2-4-12-26(24)22-28/h1-36H;2*1-22H. The molecule has 0 spiro atoms. The maximum absolute atomic E-state index is 2.37. The van der Waals surface area contributed by atoms with Crippen molar-refractivity contribution >= 4 is 169 Å². The highest BCUT2D eigenvalue weighted by Crippen LogP contribution is 2.50. The first-order valence-corrected chi connectivity index (χ1v) is 43.4. The van der Waals surface area contributed by atoms with Gasteiger partial charge in [-0.05, 0) is 252 Å². The Morgan fingerprint density at radius 1 is 0.135 bits per heavy atom. The second kappa shape index (κ2) is 30.8. The Morgan fingerprint density at radius 2 is 0.341 bits per heavy atom. The number of para-hydroxylation sites is 6. The molecule has 0 fully saturated rings. The molecule has 0 amide bonds. The Hall–Kier alpha value is -16.7. The minimum Gasteiger partial charge on any atom is -0.310 e. The van der Waals surface area contributed by atoms with Gasteiger partial charge in [0, 0.05) is 66.4 Å². The molecule has 126 heavy (non-hydrogen) atoms. The van der Waals surface area contributed by atoms with Crippen LogP contribution in [0.2, 0.25) is 0 Å². The van der Waals surface area contributed by atoms with Gasteiger partial charge in [0.05, 0.1) is 33.1 Å². The summed E-state index contributed by atoms with van der Waals surface area (Å²) in [7, 11) is 0. The van der Waals surface area contributed by atoms with Crippen molar-refractivity contribution in [3.8, 4) is 61.6 Å². The van der Waals surface area contributed by atoms with Crippen LogP contribution in [0.25, 0.3) is 213 Å². The van der Waals surface area contributed by atoms with Gasteiger partial charge in [-0.2, -0.15) is 0 Å². The smallest absolute Gasteiger partial charge is 0.0541 e. The quantitative estimate of drug-likeness (QED) is 0.125. The van der Waals surface area contributed by atoms with Crippen molar-refractivity contribution in [1.82, 2.24) is 13.7 Å². The summed E-state index contributed by atoms with van der Waals surface area (Å²) < 4.78 is 7.12. The SMILES string of the molecule is c1ccc2c(-c3c4ccccc4c(-c4cccc5ccccc45)c4ccccc34)cccc2c1.c1ccc2c(c1)c1ccccc1n2-c1ccc(N(c2ccc(-n3c4ccccc4c4ccccc43)cc2)c2ccc(-n3c4ccccc4c4ccccc43)cc2)cc1.c1ccc2cc(-c3c4ccccc4c(-c4ccc5ccccc5c4)c4ccccc34)ccc2c1. The van der Waals surface area contributed by atoms with Crippen LogP contribution >= 0.6 is 0 Å². The molecule has 0 saturated carbocycles. The third-order valence-electron chi connectivity index (χ3n) is 25.9. The van der Waals surface area contributed by atoms with Crippen molar-refractivity contribution in [2.24, 2.45) is 0 Å². The molecule has 0 atom stereocenters. The molecule has 3 heterocycles.